The molecule has 5 heteroatoms. The summed E-state index contributed by atoms with van der Waals surface area (Å²) in [5.41, 5.74) is 3.20. The highest BCUT2D eigenvalue weighted by atomic mass is 32.2. The van der Waals surface area contributed by atoms with Crippen molar-refractivity contribution < 1.29 is 13.5 Å². The van der Waals surface area contributed by atoms with Gasteiger partial charge in [0, 0.05) is 12.3 Å². The Balaban J connectivity index is 1.87. The third-order valence-corrected chi connectivity index (χ3v) is 5.01. The molecule has 0 aromatic heterocycles. The van der Waals surface area contributed by atoms with Crippen LogP contribution < -0.4 is 5.32 Å². The second kappa shape index (κ2) is 7.73. The molecule has 23 heavy (non-hydrogen) atoms. The Hall–Kier alpha value is -1.69. The fourth-order valence-electron chi connectivity index (χ4n) is 2.37. The normalized spacial score (nSPS) is 13.0. The fourth-order valence-corrected chi connectivity index (χ4v) is 3.00. The number of aliphatic hydroxyl groups excluding tert-OH is 1. The maximum absolute atomic E-state index is 11.5. The van der Waals surface area contributed by atoms with Crippen LogP contribution in [0.4, 0.5) is 0 Å². The highest BCUT2D eigenvalue weighted by molar-refractivity contribution is 7.90. The molecule has 2 rings (SSSR count). The first-order valence-electron chi connectivity index (χ1n) is 7.62. The van der Waals surface area contributed by atoms with Gasteiger partial charge in [0.2, 0.25) is 0 Å². The largest absolute Gasteiger partial charge is 0.392 e. The van der Waals surface area contributed by atoms with E-state index in [0.717, 1.165) is 24.1 Å². The van der Waals surface area contributed by atoms with Gasteiger partial charge in [-0.3, -0.25) is 0 Å². The van der Waals surface area contributed by atoms with Gasteiger partial charge in [-0.2, -0.15) is 0 Å². The zero-order valence-corrected chi connectivity index (χ0v) is 14.3. The lowest BCUT2D eigenvalue weighted by Gasteiger charge is -2.15. The molecule has 0 saturated heterocycles. The second-order valence-corrected chi connectivity index (χ2v) is 7.76. The fraction of sp³-hybridized carbons (Fsp3) is 0.333. The number of aliphatic hydroxyl groups is 1. The van der Waals surface area contributed by atoms with Crippen molar-refractivity contribution >= 4 is 9.84 Å². The summed E-state index contributed by atoms with van der Waals surface area (Å²) >= 11 is 0. The van der Waals surface area contributed by atoms with Crippen LogP contribution in [-0.2, 0) is 22.9 Å². The zero-order valence-electron chi connectivity index (χ0n) is 13.5. The minimum Gasteiger partial charge on any atom is -0.392 e. The van der Waals surface area contributed by atoms with E-state index in [1.165, 1.54) is 11.8 Å². The highest BCUT2D eigenvalue weighted by Crippen LogP contribution is 2.16. The van der Waals surface area contributed by atoms with Gasteiger partial charge in [0.1, 0.15) is 0 Å². The van der Waals surface area contributed by atoms with Gasteiger partial charge in [0.15, 0.2) is 9.84 Å². The summed E-state index contributed by atoms with van der Waals surface area (Å²) in [6.07, 6.45) is 2.11. The molecule has 0 heterocycles. The number of hydrogen-bond donors (Lipinski definition) is 2. The average molecular weight is 333 g/mol. The minimum atomic E-state index is -3.14. The van der Waals surface area contributed by atoms with E-state index in [9.17, 15) is 8.42 Å². The van der Waals surface area contributed by atoms with Gasteiger partial charge >= 0.3 is 0 Å². The molecule has 1 atom stereocenters. The van der Waals surface area contributed by atoms with Crippen molar-refractivity contribution in [3.05, 3.63) is 65.2 Å². The number of hydrogen-bond acceptors (Lipinski definition) is 4. The van der Waals surface area contributed by atoms with Crippen molar-refractivity contribution in [1.29, 1.82) is 0 Å². The third-order valence-electron chi connectivity index (χ3n) is 3.88. The van der Waals surface area contributed by atoms with E-state index in [-0.39, 0.29) is 12.6 Å². The first kappa shape index (κ1) is 17.7. The number of rotatable bonds is 7. The van der Waals surface area contributed by atoms with E-state index in [4.69, 9.17) is 5.11 Å². The predicted molar refractivity (Wildman–Crippen MR) is 92.0 cm³/mol. The van der Waals surface area contributed by atoms with Gasteiger partial charge in [0.25, 0.3) is 0 Å². The molecular formula is C18H23NO3S. The van der Waals surface area contributed by atoms with Crippen molar-refractivity contribution in [3.8, 4) is 0 Å². The van der Waals surface area contributed by atoms with Crippen LogP contribution >= 0.6 is 0 Å². The van der Waals surface area contributed by atoms with Gasteiger partial charge in [-0.1, -0.05) is 36.4 Å². The standard InChI is InChI=1S/C18H23NO3S/c1-14(17-7-9-18(10-8-17)23(2,21)22)19-12-11-15-3-5-16(13-20)6-4-15/h3-10,14,19-20H,11-13H2,1-2H3. The Morgan fingerprint density at radius 1 is 1.00 bits per heavy atom. The van der Waals surface area contributed by atoms with Crippen LogP contribution in [0.1, 0.15) is 29.7 Å². The van der Waals surface area contributed by atoms with Crippen LogP contribution in [0, 0.1) is 0 Å². The highest BCUT2D eigenvalue weighted by Gasteiger charge is 2.09. The lowest BCUT2D eigenvalue weighted by atomic mass is 10.1. The van der Waals surface area contributed by atoms with Crippen LogP contribution in [0.5, 0.6) is 0 Å². The van der Waals surface area contributed by atoms with Gasteiger partial charge in [-0.15, -0.1) is 0 Å². The van der Waals surface area contributed by atoms with E-state index in [1.54, 1.807) is 12.1 Å². The molecule has 0 amide bonds. The summed E-state index contributed by atoms with van der Waals surface area (Å²) in [5, 5.41) is 12.5. The van der Waals surface area contributed by atoms with Crippen LogP contribution in [-0.4, -0.2) is 26.3 Å². The summed E-state index contributed by atoms with van der Waals surface area (Å²) in [6.45, 7) is 2.96. The number of benzene rings is 2. The summed E-state index contributed by atoms with van der Waals surface area (Å²) in [6, 6.07) is 15.1. The molecule has 0 radical (unpaired) electrons. The third kappa shape index (κ3) is 5.16. The minimum absolute atomic E-state index is 0.0685. The summed E-state index contributed by atoms with van der Waals surface area (Å²) in [4.78, 5) is 0.345. The molecule has 0 fully saturated rings. The molecule has 0 aliphatic rings. The molecule has 0 aliphatic carbocycles. The van der Waals surface area contributed by atoms with Crippen molar-refractivity contribution in [2.24, 2.45) is 0 Å². The van der Waals surface area contributed by atoms with E-state index in [1.807, 2.05) is 36.4 Å². The summed E-state index contributed by atoms with van der Waals surface area (Å²) in [5.74, 6) is 0. The van der Waals surface area contributed by atoms with Crippen molar-refractivity contribution in [1.82, 2.24) is 5.32 Å². The van der Waals surface area contributed by atoms with Gasteiger partial charge in [-0.05, 0) is 48.7 Å². The van der Waals surface area contributed by atoms with Crippen molar-refractivity contribution in [2.75, 3.05) is 12.8 Å². The van der Waals surface area contributed by atoms with Gasteiger partial charge in [-0.25, -0.2) is 8.42 Å². The molecular weight excluding hydrogens is 310 g/mol. The molecule has 124 valence electrons. The Bertz CT molecular complexity index is 722. The molecule has 0 spiro atoms. The maximum Gasteiger partial charge on any atom is 0.175 e. The van der Waals surface area contributed by atoms with Gasteiger partial charge in [0.05, 0.1) is 11.5 Å². The zero-order chi connectivity index (χ0) is 16.9. The number of nitrogens with one attached hydrogen (secondary N) is 1. The monoisotopic (exact) mass is 333 g/mol. The SMILES string of the molecule is CC(NCCc1ccc(CO)cc1)c1ccc(S(C)(=O)=O)cc1. The van der Waals surface area contributed by atoms with E-state index < -0.39 is 9.84 Å². The van der Waals surface area contributed by atoms with E-state index in [0.29, 0.717) is 4.90 Å². The molecule has 2 N–H and O–H groups in total. The molecule has 0 aliphatic heterocycles. The summed E-state index contributed by atoms with van der Waals surface area (Å²) in [7, 11) is -3.14. The lowest BCUT2D eigenvalue weighted by molar-refractivity contribution is 0.282. The Kier molecular flexibility index (Phi) is 5.93. The van der Waals surface area contributed by atoms with Crippen LogP contribution in [0.2, 0.25) is 0 Å². The molecule has 0 saturated carbocycles. The van der Waals surface area contributed by atoms with E-state index in [2.05, 4.69) is 12.2 Å². The Morgan fingerprint density at radius 3 is 2.09 bits per heavy atom. The lowest BCUT2D eigenvalue weighted by Crippen LogP contribution is -2.21. The van der Waals surface area contributed by atoms with Crippen LogP contribution in [0.15, 0.2) is 53.4 Å². The Morgan fingerprint density at radius 2 is 1.57 bits per heavy atom. The smallest absolute Gasteiger partial charge is 0.175 e. The molecule has 2 aromatic rings. The second-order valence-electron chi connectivity index (χ2n) is 5.74. The predicted octanol–water partition coefficient (Wildman–Crippen LogP) is 2.48. The van der Waals surface area contributed by atoms with Crippen molar-refractivity contribution in [2.45, 2.75) is 30.9 Å². The Labute approximate surface area is 138 Å². The molecule has 4 nitrogen and oxygen atoms in total. The quantitative estimate of drug-likeness (QED) is 0.817. The molecule has 1 unspecified atom stereocenters. The number of sulfone groups is 1. The average Bonchev–Trinajstić information content (AvgIpc) is 2.54. The van der Waals surface area contributed by atoms with Crippen LogP contribution in [0.3, 0.4) is 0 Å². The topological polar surface area (TPSA) is 66.4 Å². The molecule has 0 bridgehead atoms. The van der Waals surface area contributed by atoms with E-state index >= 15 is 0 Å². The van der Waals surface area contributed by atoms with Gasteiger partial charge < -0.3 is 10.4 Å². The first-order chi connectivity index (χ1) is 10.9. The first-order valence-corrected chi connectivity index (χ1v) is 9.51. The van der Waals surface area contributed by atoms with Crippen molar-refractivity contribution in [3.63, 3.8) is 0 Å². The molecule has 2 aromatic carbocycles. The summed E-state index contributed by atoms with van der Waals surface area (Å²) < 4.78 is 22.9. The maximum atomic E-state index is 11.5. The van der Waals surface area contributed by atoms with Crippen LogP contribution in [0.25, 0.3) is 0 Å².